The van der Waals surface area contributed by atoms with Gasteiger partial charge in [-0.3, -0.25) is 4.79 Å². The Morgan fingerprint density at radius 1 is 1.41 bits per heavy atom. The van der Waals surface area contributed by atoms with Crippen molar-refractivity contribution in [2.45, 2.75) is 65.7 Å². The van der Waals surface area contributed by atoms with E-state index in [1.807, 2.05) is 0 Å². The van der Waals surface area contributed by atoms with E-state index in [9.17, 15) is 4.79 Å². The molecule has 2 atom stereocenters. The molecule has 1 aliphatic rings. The second kappa shape index (κ2) is 7.15. The SMILES string of the molecule is CCCCC(CC)CC(=O)C1(C)CCCNC1. The van der Waals surface area contributed by atoms with Gasteiger partial charge >= 0.3 is 0 Å². The van der Waals surface area contributed by atoms with Crippen LogP contribution in [0.5, 0.6) is 0 Å². The second-order valence-electron chi connectivity index (χ2n) is 5.88. The maximum Gasteiger partial charge on any atom is 0.140 e. The van der Waals surface area contributed by atoms with Crippen LogP contribution < -0.4 is 5.32 Å². The Balaban J connectivity index is 2.45. The number of nitrogens with one attached hydrogen (secondary N) is 1. The van der Waals surface area contributed by atoms with Gasteiger partial charge in [-0.05, 0) is 25.3 Å². The molecule has 2 heteroatoms. The molecule has 0 aromatic carbocycles. The van der Waals surface area contributed by atoms with Crippen LogP contribution in [0.2, 0.25) is 0 Å². The first kappa shape index (κ1) is 14.7. The third-order valence-electron chi connectivity index (χ3n) is 4.29. The zero-order valence-corrected chi connectivity index (χ0v) is 11.8. The summed E-state index contributed by atoms with van der Waals surface area (Å²) in [5, 5.41) is 3.37. The molecule has 0 aromatic heterocycles. The lowest BCUT2D eigenvalue weighted by atomic mass is 9.75. The Morgan fingerprint density at radius 3 is 2.71 bits per heavy atom. The fraction of sp³-hybridized carbons (Fsp3) is 0.933. The van der Waals surface area contributed by atoms with Crippen LogP contribution in [0.1, 0.15) is 65.7 Å². The van der Waals surface area contributed by atoms with Gasteiger partial charge in [0, 0.05) is 18.4 Å². The van der Waals surface area contributed by atoms with Gasteiger partial charge in [0.05, 0.1) is 0 Å². The number of unbranched alkanes of at least 4 members (excludes halogenated alkanes) is 1. The van der Waals surface area contributed by atoms with Gasteiger partial charge < -0.3 is 5.32 Å². The molecule has 0 bridgehead atoms. The molecule has 1 heterocycles. The van der Waals surface area contributed by atoms with Gasteiger partial charge in [0.15, 0.2) is 0 Å². The minimum absolute atomic E-state index is 0.0854. The van der Waals surface area contributed by atoms with E-state index < -0.39 is 0 Å². The Labute approximate surface area is 107 Å². The van der Waals surface area contributed by atoms with Crippen molar-refractivity contribution in [3.63, 3.8) is 0 Å². The number of carbonyl (C=O) groups excluding carboxylic acids is 1. The van der Waals surface area contributed by atoms with Gasteiger partial charge in [0.25, 0.3) is 0 Å². The minimum Gasteiger partial charge on any atom is -0.316 e. The Kier molecular flexibility index (Phi) is 6.18. The van der Waals surface area contributed by atoms with Gasteiger partial charge in [-0.2, -0.15) is 0 Å². The summed E-state index contributed by atoms with van der Waals surface area (Å²) in [6.07, 6.45) is 7.90. The van der Waals surface area contributed by atoms with E-state index in [0.29, 0.717) is 11.7 Å². The zero-order valence-electron chi connectivity index (χ0n) is 11.8. The minimum atomic E-state index is -0.0854. The van der Waals surface area contributed by atoms with E-state index in [-0.39, 0.29) is 5.41 Å². The highest BCUT2D eigenvalue weighted by molar-refractivity contribution is 5.85. The molecule has 1 aliphatic heterocycles. The average Bonchev–Trinajstić information content (AvgIpc) is 2.35. The lowest BCUT2D eigenvalue weighted by Gasteiger charge is -2.33. The van der Waals surface area contributed by atoms with Crippen molar-refractivity contribution < 1.29 is 4.79 Å². The normalized spacial score (nSPS) is 26.8. The van der Waals surface area contributed by atoms with Gasteiger partial charge in [-0.1, -0.05) is 46.5 Å². The molecule has 17 heavy (non-hydrogen) atoms. The van der Waals surface area contributed by atoms with Crippen molar-refractivity contribution in [3.8, 4) is 0 Å². The number of hydrogen-bond donors (Lipinski definition) is 1. The van der Waals surface area contributed by atoms with E-state index in [2.05, 4.69) is 26.1 Å². The second-order valence-corrected chi connectivity index (χ2v) is 5.88. The summed E-state index contributed by atoms with van der Waals surface area (Å²) in [5.41, 5.74) is -0.0854. The van der Waals surface area contributed by atoms with Crippen molar-refractivity contribution in [2.75, 3.05) is 13.1 Å². The largest absolute Gasteiger partial charge is 0.316 e. The van der Waals surface area contributed by atoms with Crippen LogP contribution in [-0.2, 0) is 4.79 Å². The van der Waals surface area contributed by atoms with Gasteiger partial charge in [0.1, 0.15) is 5.78 Å². The summed E-state index contributed by atoms with van der Waals surface area (Å²) < 4.78 is 0. The fourth-order valence-corrected chi connectivity index (χ4v) is 2.75. The van der Waals surface area contributed by atoms with E-state index in [1.54, 1.807) is 0 Å². The lowest BCUT2D eigenvalue weighted by molar-refractivity contribution is -0.129. The standard InChI is InChI=1S/C15H29NO/c1-4-6-8-13(5-2)11-14(17)15(3)9-7-10-16-12-15/h13,16H,4-12H2,1-3H3. The number of Topliss-reactive ketones (excluding diaryl/α,β-unsaturated/α-hetero) is 1. The fourth-order valence-electron chi connectivity index (χ4n) is 2.75. The molecule has 1 fully saturated rings. The monoisotopic (exact) mass is 239 g/mol. The summed E-state index contributed by atoms with van der Waals surface area (Å²) in [6, 6.07) is 0. The van der Waals surface area contributed by atoms with Crippen molar-refractivity contribution in [1.82, 2.24) is 5.32 Å². The maximum atomic E-state index is 12.4. The van der Waals surface area contributed by atoms with Crippen molar-refractivity contribution >= 4 is 5.78 Å². The third kappa shape index (κ3) is 4.42. The first-order chi connectivity index (χ1) is 8.12. The highest BCUT2D eigenvalue weighted by atomic mass is 16.1. The number of piperidine rings is 1. The maximum absolute atomic E-state index is 12.4. The predicted molar refractivity (Wildman–Crippen MR) is 73.1 cm³/mol. The molecule has 1 N–H and O–H groups in total. The van der Waals surface area contributed by atoms with Crippen molar-refractivity contribution in [1.29, 1.82) is 0 Å². The molecule has 1 rings (SSSR count). The first-order valence-electron chi connectivity index (χ1n) is 7.36. The summed E-state index contributed by atoms with van der Waals surface area (Å²) in [6.45, 7) is 8.55. The van der Waals surface area contributed by atoms with E-state index in [0.717, 1.165) is 38.8 Å². The molecule has 2 nitrogen and oxygen atoms in total. The molecule has 0 amide bonds. The average molecular weight is 239 g/mol. The summed E-state index contributed by atoms with van der Waals surface area (Å²) >= 11 is 0. The van der Waals surface area contributed by atoms with Crippen LogP contribution in [0.15, 0.2) is 0 Å². The Hall–Kier alpha value is -0.370. The van der Waals surface area contributed by atoms with Crippen LogP contribution in [0.3, 0.4) is 0 Å². The smallest absolute Gasteiger partial charge is 0.140 e. The van der Waals surface area contributed by atoms with Gasteiger partial charge in [-0.25, -0.2) is 0 Å². The molecule has 0 saturated carbocycles. The third-order valence-corrected chi connectivity index (χ3v) is 4.29. The van der Waals surface area contributed by atoms with Crippen molar-refractivity contribution in [3.05, 3.63) is 0 Å². The number of ketones is 1. The highest BCUT2D eigenvalue weighted by Gasteiger charge is 2.34. The molecule has 2 unspecified atom stereocenters. The van der Waals surface area contributed by atoms with E-state index in [4.69, 9.17) is 0 Å². The summed E-state index contributed by atoms with van der Waals surface area (Å²) in [5.74, 6) is 1.11. The van der Waals surface area contributed by atoms with Gasteiger partial charge in [-0.15, -0.1) is 0 Å². The first-order valence-corrected chi connectivity index (χ1v) is 7.36. The molecule has 100 valence electrons. The summed E-state index contributed by atoms with van der Waals surface area (Å²) in [4.78, 5) is 12.4. The molecule has 0 aromatic rings. The lowest BCUT2D eigenvalue weighted by Crippen LogP contribution is -2.43. The van der Waals surface area contributed by atoms with E-state index in [1.165, 1.54) is 19.3 Å². The topological polar surface area (TPSA) is 29.1 Å². The Bertz CT molecular complexity index is 231. The van der Waals surface area contributed by atoms with Crippen molar-refractivity contribution in [2.24, 2.45) is 11.3 Å². The zero-order chi connectivity index (χ0) is 12.7. The Morgan fingerprint density at radius 2 is 2.18 bits per heavy atom. The van der Waals surface area contributed by atoms with Crippen LogP contribution in [-0.4, -0.2) is 18.9 Å². The highest BCUT2D eigenvalue weighted by Crippen LogP contribution is 2.30. The van der Waals surface area contributed by atoms with Crippen LogP contribution in [0.4, 0.5) is 0 Å². The number of hydrogen-bond acceptors (Lipinski definition) is 2. The van der Waals surface area contributed by atoms with E-state index >= 15 is 0 Å². The molecule has 0 aliphatic carbocycles. The van der Waals surface area contributed by atoms with Gasteiger partial charge in [0.2, 0.25) is 0 Å². The summed E-state index contributed by atoms with van der Waals surface area (Å²) in [7, 11) is 0. The predicted octanol–water partition coefficient (Wildman–Crippen LogP) is 3.55. The molecule has 0 spiro atoms. The van der Waals surface area contributed by atoms with Crippen LogP contribution in [0.25, 0.3) is 0 Å². The number of rotatable bonds is 7. The molecular weight excluding hydrogens is 210 g/mol. The number of carbonyl (C=O) groups is 1. The molecule has 1 saturated heterocycles. The molecular formula is C15H29NO. The molecule has 0 radical (unpaired) electrons. The van der Waals surface area contributed by atoms with Crippen LogP contribution >= 0.6 is 0 Å². The quantitative estimate of drug-likeness (QED) is 0.736. The van der Waals surface area contributed by atoms with Crippen LogP contribution in [0, 0.1) is 11.3 Å².